The molecule has 7 heteroatoms. The second kappa shape index (κ2) is 7.19. The molecule has 0 aliphatic rings. The van der Waals surface area contributed by atoms with Crippen molar-refractivity contribution in [1.82, 2.24) is 10.3 Å². The minimum Gasteiger partial charge on any atom is -0.494 e. The number of ether oxygens (including phenoxy) is 1. The molecule has 0 amide bonds. The second-order valence-corrected chi connectivity index (χ2v) is 5.41. The molecule has 1 aromatic heterocycles. The summed E-state index contributed by atoms with van der Waals surface area (Å²) < 4.78 is 46.4. The lowest BCUT2D eigenvalue weighted by molar-refractivity contribution is 0.115. The zero-order chi connectivity index (χ0) is 17.0. The zero-order valence-electron chi connectivity index (χ0n) is 12.7. The molecule has 2 aromatic rings. The maximum Gasteiger partial charge on any atom is 0.193 e. The topological polar surface area (TPSA) is 34.1 Å². The van der Waals surface area contributed by atoms with E-state index in [1.165, 1.54) is 44.5 Å². The van der Waals surface area contributed by atoms with Gasteiger partial charge >= 0.3 is 0 Å². The van der Waals surface area contributed by atoms with Gasteiger partial charge in [-0.1, -0.05) is 11.6 Å². The molecule has 0 bridgehead atoms. The molecule has 23 heavy (non-hydrogen) atoms. The maximum atomic E-state index is 14.7. The summed E-state index contributed by atoms with van der Waals surface area (Å²) in [6, 6.07) is 6.85. The highest BCUT2D eigenvalue weighted by Crippen LogP contribution is 2.34. The van der Waals surface area contributed by atoms with Crippen LogP contribution in [0.25, 0.3) is 11.3 Å². The highest BCUT2D eigenvalue weighted by molar-refractivity contribution is 6.31. The molecule has 1 unspecified atom stereocenters. The van der Waals surface area contributed by atoms with Crippen LogP contribution in [0.5, 0.6) is 5.75 Å². The van der Waals surface area contributed by atoms with E-state index < -0.39 is 18.2 Å². The van der Waals surface area contributed by atoms with Gasteiger partial charge in [-0.3, -0.25) is 0 Å². The summed E-state index contributed by atoms with van der Waals surface area (Å²) in [6.45, 7) is -1.46. The molecular formula is C16H16ClF3N2O. The van der Waals surface area contributed by atoms with Crippen molar-refractivity contribution >= 4 is 11.6 Å². The Labute approximate surface area is 137 Å². The van der Waals surface area contributed by atoms with Crippen molar-refractivity contribution in [2.45, 2.75) is 5.67 Å². The van der Waals surface area contributed by atoms with Gasteiger partial charge in [-0.2, -0.15) is 0 Å². The minimum atomic E-state index is -2.26. The lowest BCUT2D eigenvalue weighted by Crippen LogP contribution is -2.35. The lowest BCUT2D eigenvalue weighted by Gasteiger charge is -2.22. The molecule has 3 nitrogen and oxygen atoms in total. The number of benzene rings is 1. The van der Waals surface area contributed by atoms with Gasteiger partial charge in [0.25, 0.3) is 0 Å². The molecule has 2 rings (SSSR count). The Morgan fingerprint density at radius 3 is 2.61 bits per heavy atom. The van der Waals surface area contributed by atoms with Crippen LogP contribution in [0.1, 0.15) is 5.69 Å². The van der Waals surface area contributed by atoms with E-state index in [2.05, 4.69) is 10.3 Å². The molecule has 0 saturated heterocycles. The smallest absolute Gasteiger partial charge is 0.193 e. The van der Waals surface area contributed by atoms with Crippen LogP contribution in [0, 0.1) is 5.82 Å². The molecule has 0 saturated carbocycles. The first-order valence-corrected chi connectivity index (χ1v) is 7.23. The average Bonchev–Trinajstić information content (AvgIpc) is 2.57. The molecule has 0 aliphatic heterocycles. The quantitative estimate of drug-likeness (QED) is 0.863. The predicted molar refractivity (Wildman–Crippen MR) is 83.9 cm³/mol. The monoisotopic (exact) mass is 344 g/mol. The van der Waals surface area contributed by atoms with Gasteiger partial charge in [0.15, 0.2) is 5.67 Å². The summed E-state index contributed by atoms with van der Waals surface area (Å²) >= 11 is 5.78. The number of hydrogen-bond donors (Lipinski definition) is 1. The third-order valence-corrected chi connectivity index (χ3v) is 3.69. The summed E-state index contributed by atoms with van der Waals surface area (Å²) in [7, 11) is 2.95. The van der Waals surface area contributed by atoms with Crippen LogP contribution >= 0.6 is 11.6 Å². The number of nitrogens with zero attached hydrogens (tertiary/aromatic N) is 1. The first-order chi connectivity index (χ1) is 10.9. The number of methoxy groups -OCH3 is 1. The van der Waals surface area contributed by atoms with Gasteiger partial charge in [-0.05, 0) is 37.4 Å². The molecule has 0 aliphatic carbocycles. The fourth-order valence-corrected chi connectivity index (χ4v) is 2.38. The number of nitrogens with one attached hydrogen (secondary N) is 1. The molecule has 1 aromatic carbocycles. The summed E-state index contributed by atoms with van der Waals surface area (Å²) in [6.07, 6.45) is 0. The van der Waals surface area contributed by atoms with E-state index in [-0.39, 0.29) is 23.0 Å². The van der Waals surface area contributed by atoms with Crippen molar-refractivity contribution < 1.29 is 17.9 Å². The molecule has 1 heterocycles. The van der Waals surface area contributed by atoms with E-state index in [0.29, 0.717) is 11.3 Å². The molecule has 124 valence electrons. The zero-order valence-corrected chi connectivity index (χ0v) is 13.4. The Kier molecular flexibility index (Phi) is 5.49. The molecule has 1 atom stereocenters. The summed E-state index contributed by atoms with van der Waals surface area (Å²) in [5.74, 6) is -0.230. The fraction of sp³-hybridized carbons (Fsp3) is 0.312. The Morgan fingerprint density at radius 2 is 2.04 bits per heavy atom. The van der Waals surface area contributed by atoms with E-state index in [0.717, 1.165) is 0 Å². The van der Waals surface area contributed by atoms with Crippen LogP contribution in [0.2, 0.25) is 5.02 Å². The van der Waals surface area contributed by atoms with Crippen molar-refractivity contribution in [2.24, 2.45) is 0 Å². The van der Waals surface area contributed by atoms with E-state index in [4.69, 9.17) is 16.3 Å². The number of aromatic nitrogens is 1. The van der Waals surface area contributed by atoms with Crippen LogP contribution in [-0.4, -0.2) is 32.4 Å². The standard InChI is InChI=1S/C16H16ClF3N2O/c1-21-9-16(20,8-18)14-6-5-13(23-2)15(22-14)10-3-4-12(19)11(17)7-10/h3-7,21H,8-9H2,1-2H3. The van der Waals surface area contributed by atoms with E-state index in [9.17, 15) is 13.2 Å². The van der Waals surface area contributed by atoms with Crippen LogP contribution in [0.4, 0.5) is 13.2 Å². The van der Waals surface area contributed by atoms with Gasteiger partial charge in [-0.15, -0.1) is 0 Å². The van der Waals surface area contributed by atoms with Gasteiger partial charge in [0, 0.05) is 12.1 Å². The Hall–Kier alpha value is -1.79. The maximum absolute atomic E-state index is 14.7. The predicted octanol–water partition coefficient (Wildman–Crippen LogP) is 3.90. The number of pyridine rings is 1. The molecular weight excluding hydrogens is 329 g/mol. The first-order valence-electron chi connectivity index (χ1n) is 6.85. The van der Waals surface area contributed by atoms with Crippen LogP contribution in [0.3, 0.4) is 0 Å². The lowest BCUT2D eigenvalue weighted by atomic mass is 10.0. The van der Waals surface area contributed by atoms with Gasteiger partial charge in [0.05, 0.1) is 17.8 Å². The number of alkyl halides is 2. The van der Waals surface area contributed by atoms with E-state index in [1.807, 2.05) is 0 Å². The van der Waals surface area contributed by atoms with Crippen LogP contribution < -0.4 is 10.1 Å². The molecule has 0 radical (unpaired) electrons. The molecule has 0 fully saturated rings. The highest BCUT2D eigenvalue weighted by Gasteiger charge is 2.34. The highest BCUT2D eigenvalue weighted by atomic mass is 35.5. The summed E-state index contributed by atoms with van der Waals surface area (Å²) in [5.41, 5.74) is -1.63. The first kappa shape index (κ1) is 17.6. The summed E-state index contributed by atoms with van der Waals surface area (Å²) in [4.78, 5) is 4.19. The van der Waals surface area contributed by atoms with Crippen LogP contribution in [0.15, 0.2) is 30.3 Å². The normalized spacial score (nSPS) is 13.7. The van der Waals surface area contributed by atoms with E-state index in [1.54, 1.807) is 0 Å². The average molecular weight is 345 g/mol. The Balaban J connectivity index is 2.57. The van der Waals surface area contributed by atoms with Crippen LogP contribution in [-0.2, 0) is 5.67 Å². The Bertz CT molecular complexity index is 699. The number of rotatable bonds is 6. The molecule has 1 N–H and O–H groups in total. The Morgan fingerprint density at radius 1 is 1.30 bits per heavy atom. The van der Waals surface area contributed by atoms with Crippen molar-refractivity contribution in [1.29, 1.82) is 0 Å². The van der Waals surface area contributed by atoms with Gasteiger partial charge in [0.1, 0.15) is 23.9 Å². The second-order valence-electron chi connectivity index (χ2n) is 5.01. The number of hydrogen-bond acceptors (Lipinski definition) is 3. The van der Waals surface area contributed by atoms with Crippen molar-refractivity contribution in [2.75, 3.05) is 27.4 Å². The minimum absolute atomic E-state index is 0.0782. The van der Waals surface area contributed by atoms with Crippen molar-refractivity contribution in [3.8, 4) is 17.0 Å². The summed E-state index contributed by atoms with van der Waals surface area (Å²) in [5, 5.41) is 2.51. The van der Waals surface area contributed by atoms with Crippen molar-refractivity contribution in [3.05, 3.63) is 46.9 Å². The largest absolute Gasteiger partial charge is 0.494 e. The van der Waals surface area contributed by atoms with Gasteiger partial charge in [0.2, 0.25) is 0 Å². The van der Waals surface area contributed by atoms with Gasteiger partial charge in [-0.25, -0.2) is 18.2 Å². The molecule has 0 spiro atoms. The number of halogens is 4. The SMILES string of the molecule is CNCC(F)(CF)c1ccc(OC)c(-c2ccc(F)c(Cl)c2)n1. The third kappa shape index (κ3) is 3.59. The van der Waals surface area contributed by atoms with Crippen molar-refractivity contribution in [3.63, 3.8) is 0 Å². The fourth-order valence-electron chi connectivity index (χ4n) is 2.20. The third-order valence-electron chi connectivity index (χ3n) is 3.40. The number of likely N-dealkylation sites (N-methyl/N-ethyl adjacent to an activating group) is 1. The van der Waals surface area contributed by atoms with E-state index >= 15 is 0 Å². The van der Waals surface area contributed by atoms with Gasteiger partial charge < -0.3 is 10.1 Å².